The van der Waals surface area contributed by atoms with E-state index in [1.165, 1.54) is 21.5 Å². The van der Waals surface area contributed by atoms with Crippen molar-refractivity contribution in [3.8, 4) is 5.69 Å². The van der Waals surface area contributed by atoms with E-state index in [4.69, 9.17) is 14.4 Å². The SMILES string of the molecule is c1ccc(C2=NC(c3cc(-n4c5ccccc5c5cc6ccccc6cc54)cc4oc5ccccc5c34)N=C(c3ccccc3)N2)cc1. The molecule has 0 amide bonds. The zero-order valence-corrected chi connectivity index (χ0v) is 25.8. The van der Waals surface area contributed by atoms with Crippen molar-refractivity contribution in [2.24, 2.45) is 9.98 Å². The van der Waals surface area contributed by atoms with Crippen molar-refractivity contribution in [3.63, 3.8) is 0 Å². The van der Waals surface area contributed by atoms with Crippen LogP contribution in [-0.4, -0.2) is 16.2 Å². The van der Waals surface area contributed by atoms with E-state index in [0.29, 0.717) is 0 Å². The second-order valence-electron chi connectivity index (χ2n) is 12.3. The molecule has 0 saturated heterocycles. The third kappa shape index (κ3) is 4.18. The molecule has 0 atom stereocenters. The Labute approximate surface area is 276 Å². The van der Waals surface area contributed by atoms with Crippen LogP contribution < -0.4 is 5.32 Å². The monoisotopic (exact) mass is 616 g/mol. The topological polar surface area (TPSA) is 54.8 Å². The molecule has 0 radical (unpaired) electrons. The van der Waals surface area contributed by atoms with Gasteiger partial charge in [0.25, 0.3) is 0 Å². The van der Waals surface area contributed by atoms with Crippen LogP contribution in [0.2, 0.25) is 0 Å². The number of nitrogens with one attached hydrogen (secondary N) is 1. The van der Waals surface area contributed by atoms with Crippen molar-refractivity contribution in [2.45, 2.75) is 6.17 Å². The van der Waals surface area contributed by atoms with E-state index in [-0.39, 0.29) is 0 Å². The highest BCUT2D eigenvalue weighted by Gasteiger charge is 2.26. The first-order valence-corrected chi connectivity index (χ1v) is 16.2. The summed E-state index contributed by atoms with van der Waals surface area (Å²) < 4.78 is 8.97. The number of benzene rings is 7. The summed E-state index contributed by atoms with van der Waals surface area (Å²) in [6, 6.07) is 55.0. The molecule has 2 aromatic heterocycles. The van der Waals surface area contributed by atoms with Crippen LogP contribution in [0.1, 0.15) is 22.9 Å². The zero-order chi connectivity index (χ0) is 31.6. The molecule has 10 rings (SSSR count). The number of aromatic nitrogens is 1. The predicted octanol–water partition coefficient (Wildman–Crippen LogP) is 10.3. The molecule has 226 valence electrons. The summed E-state index contributed by atoms with van der Waals surface area (Å²) in [6.45, 7) is 0. The molecule has 7 aromatic carbocycles. The number of hydrogen-bond acceptors (Lipinski definition) is 4. The van der Waals surface area contributed by atoms with Crippen LogP contribution in [-0.2, 0) is 0 Å². The van der Waals surface area contributed by atoms with Crippen molar-refractivity contribution < 1.29 is 4.42 Å². The fraction of sp³-hybridized carbons (Fsp3) is 0.0233. The minimum absolute atomic E-state index is 0.519. The molecule has 0 spiro atoms. The lowest BCUT2D eigenvalue weighted by Crippen LogP contribution is -2.36. The number of rotatable bonds is 4. The van der Waals surface area contributed by atoms with E-state index in [2.05, 4.69) is 119 Å². The van der Waals surface area contributed by atoms with Crippen LogP contribution in [0.5, 0.6) is 0 Å². The maximum atomic E-state index is 6.61. The zero-order valence-electron chi connectivity index (χ0n) is 25.8. The standard InChI is InChI=1S/C43H28N4O/c1-3-13-27(14-4-1)41-44-42(28-15-5-2-6-16-28)46-43(45-41)35-25-31(26-39-40(35)33-20-10-12-22-38(33)48-39)47-36-21-11-9-19-32(36)34-23-29-17-7-8-18-30(29)24-37(34)47/h1-26,43H,(H,44,45,46). The maximum absolute atomic E-state index is 6.61. The molecule has 0 saturated carbocycles. The van der Waals surface area contributed by atoms with E-state index in [1.54, 1.807) is 0 Å². The number of para-hydroxylation sites is 2. The van der Waals surface area contributed by atoms with Gasteiger partial charge in [-0.1, -0.05) is 121 Å². The van der Waals surface area contributed by atoms with Gasteiger partial charge in [-0.3, -0.25) is 0 Å². The average Bonchev–Trinajstić information content (AvgIpc) is 3.69. The summed E-state index contributed by atoms with van der Waals surface area (Å²) in [5, 5.41) is 10.5. The fourth-order valence-electron chi connectivity index (χ4n) is 7.21. The molecule has 1 aliphatic heterocycles. The number of hydrogen-bond donors (Lipinski definition) is 1. The van der Waals surface area contributed by atoms with Crippen molar-refractivity contribution in [1.29, 1.82) is 0 Å². The predicted molar refractivity (Wildman–Crippen MR) is 197 cm³/mol. The summed E-state index contributed by atoms with van der Waals surface area (Å²) in [5.74, 6) is 1.56. The number of nitrogens with zero attached hydrogens (tertiary/aromatic N) is 3. The van der Waals surface area contributed by atoms with Crippen molar-refractivity contribution in [3.05, 3.63) is 174 Å². The second kappa shape index (κ2) is 10.5. The molecule has 9 aromatic rings. The van der Waals surface area contributed by atoms with E-state index in [0.717, 1.165) is 67.0 Å². The minimum Gasteiger partial charge on any atom is -0.456 e. The van der Waals surface area contributed by atoms with Gasteiger partial charge in [0, 0.05) is 44.3 Å². The van der Waals surface area contributed by atoms with E-state index in [9.17, 15) is 0 Å². The van der Waals surface area contributed by atoms with E-state index >= 15 is 0 Å². The van der Waals surface area contributed by atoms with Gasteiger partial charge in [0.05, 0.1) is 16.7 Å². The van der Waals surface area contributed by atoms with Crippen LogP contribution in [0.4, 0.5) is 0 Å². The van der Waals surface area contributed by atoms with Crippen LogP contribution in [0.15, 0.2) is 172 Å². The first-order chi connectivity index (χ1) is 23.8. The Kier molecular flexibility index (Phi) is 5.87. The second-order valence-corrected chi connectivity index (χ2v) is 12.3. The molecule has 0 aliphatic carbocycles. The molecule has 0 fully saturated rings. The van der Waals surface area contributed by atoms with Gasteiger partial charge in [-0.05, 0) is 41.1 Å². The van der Waals surface area contributed by atoms with Gasteiger partial charge >= 0.3 is 0 Å². The smallest absolute Gasteiger partial charge is 0.170 e. The first-order valence-electron chi connectivity index (χ1n) is 16.2. The quantitative estimate of drug-likeness (QED) is 0.214. The fourth-order valence-corrected chi connectivity index (χ4v) is 7.21. The summed E-state index contributed by atoms with van der Waals surface area (Å²) in [7, 11) is 0. The Balaban J connectivity index is 1.29. The Morgan fingerprint density at radius 2 is 1.10 bits per heavy atom. The molecule has 48 heavy (non-hydrogen) atoms. The van der Waals surface area contributed by atoms with Crippen LogP contribution in [0.3, 0.4) is 0 Å². The van der Waals surface area contributed by atoms with Gasteiger partial charge in [-0.2, -0.15) is 0 Å². The Morgan fingerprint density at radius 1 is 0.500 bits per heavy atom. The lowest BCUT2D eigenvalue weighted by atomic mass is 10.0. The Hall–Kier alpha value is -6.46. The molecule has 1 N–H and O–H groups in total. The third-order valence-corrected chi connectivity index (χ3v) is 9.40. The largest absolute Gasteiger partial charge is 0.456 e. The maximum Gasteiger partial charge on any atom is 0.170 e. The number of fused-ring (bicyclic) bond motifs is 7. The first kappa shape index (κ1) is 26.7. The molecule has 3 heterocycles. The highest BCUT2D eigenvalue weighted by atomic mass is 16.3. The van der Waals surface area contributed by atoms with Gasteiger partial charge in [-0.25, -0.2) is 9.98 Å². The van der Waals surface area contributed by atoms with Gasteiger partial charge in [0.15, 0.2) is 6.17 Å². The lowest BCUT2D eigenvalue weighted by molar-refractivity contribution is 0.667. The summed E-state index contributed by atoms with van der Waals surface area (Å²) in [4.78, 5) is 10.6. The molecular weight excluding hydrogens is 589 g/mol. The van der Waals surface area contributed by atoms with Crippen LogP contribution in [0.25, 0.3) is 60.2 Å². The third-order valence-electron chi connectivity index (χ3n) is 9.40. The number of furan rings is 1. The Bertz CT molecular complexity index is 2700. The van der Waals surface area contributed by atoms with E-state index < -0.39 is 6.17 Å². The Morgan fingerprint density at radius 3 is 1.83 bits per heavy atom. The highest BCUT2D eigenvalue weighted by molar-refractivity contribution is 6.17. The lowest BCUT2D eigenvalue weighted by Gasteiger charge is -2.23. The summed E-state index contributed by atoms with van der Waals surface area (Å²) in [6.07, 6.45) is -0.519. The van der Waals surface area contributed by atoms with Crippen molar-refractivity contribution in [2.75, 3.05) is 0 Å². The van der Waals surface area contributed by atoms with Crippen molar-refractivity contribution >= 4 is 66.2 Å². The van der Waals surface area contributed by atoms with Gasteiger partial charge in [0.1, 0.15) is 22.8 Å². The molecule has 5 nitrogen and oxygen atoms in total. The van der Waals surface area contributed by atoms with Crippen molar-refractivity contribution in [1.82, 2.24) is 9.88 Å². The van der Waals surface area contributed by atoms with Gasteiger partial charge in [0.2, 0.25) is 0 Å². The van der Waals surface area contributed by atoms with Gasteiger partial charge in [-0.15, -0.1) is 0 Å². The van der Waals surface area contributed by atoms with Gasteiger partial charge < -0.3 is 14.3 Å². The summed E-state index contributed by atoms with van der Waals surface area (Å²) >= 11 is 0. The normalized spacial score (nSPS) is 13.8. The molecule has 0 unspecified atom stereocenters. The molecule has 5 heteroatoms. The number of aliphatic imine (C=N–C) groups is 2. The number of amidine groups is 2. The highest BCUT2D eigenvalue weighted by Crippen LogP contribution is 2.41. The van der Waals surface area contributed by atoms with Crippen LogP contribution >= 0.6 is 0 Å². The van der Waals surface area contributed by atoms with E-state index in [1.807, 2.05) is 48.5 Å². The van der Waals surface area contributed by atoms with Crippen LogP contribution in [0, 0.1) is 0 Å². The molecule has 1 aliphatic rings. The minimum atomic E-state index is -0.519. The average molecular weight is 617 g/mol. The molecule has 0 bridgehead atoms. The molecular formula is C43H28N4O. The summed E-state index contributed by atoms with van der Waals surface area (Å²) in [5.41, 5.74) is 7.93.